The fourth-order valence-corrected chi connectivity index (χ4v) is 3.97. The van der Waals surface area contributed by atoms with E-state index >= 15 is 0 Å². The van der Waals surface area contributed by atoms with Gasteiger partial charge in [-0.3, -0.25) is 9.59 Å². The lowest BCUT2D eigenvalue weighted by molar-refractivity contribution is -0.113. The summed E-state index contributed by atoms with van der Waals surface area (Å²) in [5.41, 5.74) is 4.57. The smallest absolute Gasteiger partial charge is 0.234 e. The Morgan fingerprint density at radius 3 is 2.61 bits per heavy atom. The third kappa shape index (κ3) is 5.40. The average molecular weight is 413 g/mol. The Morgan fingerprint density at radius 1 is 1.04 bits per heavy atom. The maximum Gasteiger partial charge on any atom is 0.234 e. The summed E-state index contributed by atoms with van der Waals surface area (Å²) in [6, 6.07) is 13.0. The third-order valence-electron chi connectivity index (χ3n) is 4.04. The quantitative estimate of drug-likeness (QED) is 0.427. The number of thioether (sulfide) groups is 1. The number of hydrogen-bond acceptors (Lipinski definition) is 7. The van der Waals surface area contributed by atoms with Gasteiger partial charge in [-0.2, -0.15) is 0 Å². The SMILES string of the molecule is CC(=O)c1cccc(NC(=O)CSc2nnc(Nc3ccc(C)c(C)c3)s2)c1. The van der Waals surface area contributed by atoms with Crippen LogP contribution in [0.3, 0.4) is 0 Å². The van der Waals surface area contributed by atoms with E-state index in [9.17, 15) is 9.59 Å². The number of aromatic nitrogens is 2. The summed E-state index contributed by atoms with van der Waals surface area (Å²) in [5.74, 6) is 0.00969. The number of carbonyl (C=O) groups excluding carboxylic acids is 2. The number of anilines is 3. The maximum atomic E-state index is 12.2. The molecule has 0 saturated heterocycles. The first-order chi connectivity index (χ1) is 13.4. The van der Waals surface area contributed by atoms with Crippen molar-refractivity contribution in [3.8, 4) is 0 Å². The first kappa shape index (κ1) is 20.0. The van der Waals surface area contributed by atoms with E-state index in [-0.39, 0.29) is 17.4 Å². The molecule has 0 unspecified atom stereocenters. The summed E-state index contributed by atoms with van der Waals surface area (Å²) in [7, 11) is 0. The zero-order valence-electron chi connectivity index (χ0n) is 15.8. The Hall–Kier alpha value is -2.71. The second-order valence-corrected chi connectivity index (χ2v) is 8.47. The van der Waals surface area contributed by atoms with E-state index in [2.05, 4.69) is 46.8 Å². The molecule has 0 fully saturated rings. The van der Waals surface area contributed by atoms with Crippen molar-refractivity contribution in [2.75, 3.05) is 16.4 Å². The molecule has 3 rings (SSSR count). The Labute approximate surface area is 171 Å². The molecule has 144 valence electrons. The lowest BCUT2D eigenvalue weighted by Gasteiger charge is -2.05. The monoisotopic (exact) mass is 412 g/mol. The van der Waals surface area contributed by atoms with Crippen LogP contribution in [0, 0.1) is 13.8 Å². The molecular weight excluding hydrogens is 392 g/mol. The number of rotatable bonds is 7. The molecule has 3 aromatic rings. The lowest BCUT2D eigenvalue weighted by atomic mass is 10.1. The highest BCUT2D eigenvalue weighted by Gasteiger charge is 2.10. The summed E-state index contributed by atoms with van der Waals surface area (Å²) in [5, 5.41) is 14.9. The Balaban J connectivity index is 1.53. The Kier molecular flexibility index (Phi) is 6.43. The van der Waals surface area contributed by atoms with Crippen molar-refractivity contribution < 1.29 is 9.59 Å². The molecule has 0 aliphatic heterocycles. The van der Waals surface area contributed by atoms with Gasteiger partial charge in [0.15, 0.2) is 10.1 Å². The fourth-order valence-electron chi connectivity index (χ4n) is 2.40. The second kappa shape index (κ2) is 8.99. The highest BCUT2D eigenvalue weighted by Crippen LogP contribution is 2.28. The number of Topliss-reactive ketones (excluding diaryl/α,β-unsaturated/α-hetero) is 1. The highest BCUT2D eigenvalue weighted by atomic mass is 32.2. The largest absolute Gasteiger partial charge is 0.330 e. The van der Waals surface area contributed by atoms with Crippen LogP contribution in [0.25, 0.3) is 0 Å². The van der Waals surface area contributed by atoms with E-state index in [1.54, 1.807) is 24.3 Å². The molecule has 1 heterocycles. The van der Waals surface area contributed by atoms with E-state index in [0.717, 1.165) is 5.69 Å². The van der Waals surface area contributed by atoms with Gasteiger partial charge in [0.25, 0.3) is 0 Å². The molecule has 0 bridgehead atoms. The molecule has 0 aliphatic carbocycles. The van der Waals surface area contributed by atoms with E-state index in [4.69, 9.17) is 0 Å². The van der Waals surface area contributed by atoms with Gasteiger partial charge in [-0.05, 0) is 56.2 Å². The predicted octanol–water partition coefficient (Wildman–Crippen LogP) is 4.83. The van der Waals surface area contributed by atoms with Crippen LogP contribution < -0.4 is 10.6 Å². The van der Waals surface area contributed by atoms with Gasteiger partial charge < -0.3 is 10.6 Å². The van der Waals surface area contributed by atoms with Crippen LogP contribution in [-0.2, 0) is 4.79 Å². The van der Waals surface area contributed by atoms with Gasteiger partial charge in [-0.1, -0.05) is 41.3 Å². The molecule has 8 heteroatoms. The molecule has 2 aromatic carbocycles. The minimum atomic E-state index is -0.162. The zero-order valence-corrected chi connectivity index (χ0v) is 17.4. The molecule has 28 heavy (non-hydrogen) atoms. The highest BCUT2D eigenvalue weighted by molar-refractivity contribution is 8.01. The maximum absolute atomic E-state index is 12.2. The predicted molar refractivity (Wildman–Crippen MR) is 115 cm³/mol. The van der Waals surface area contributed by atoms with Crippen LogP contribution in [0.4, 0.5) is 16.5 Å². The number of aryl methyl sites for hydroxylation is 2. The topological polar surface area (TPSA) is 84.0 Å². The standard InChI is InChI=1S/C20H20N4O2S2/c1-12-7-8-17(9-13(12)2)22-19-23-24-20(28-19)27-11-18(26)21-16-6-4-5-15(10-16)14(3)25/h4-10H,11H2,1-3H3,(H,21,26)(H,22,23). The van der Waals surface area contributed by atoms with Crippen LogP contribution >= 0.6 is 23.1 Å². The van der Waals surface area contributed by atoms with Crippen molar-refractivity contribution in [1.29, 1.82) is 0 Å². The number of carbonyl (C=O) groups is 2. The molecule has 1 amide bonds. The third-order valence-corrected chi connectivity index (χ3v) is 6.02. The van der Waals surface area contributed by atoms with Crippen molar-refractivity contribution >= 4 is 51.3 Å². The summed E-state index contributed by atoms with van der Waals surface area (Å²) in [6.07, 6.45) is 0. The number of amides is 1. The van der Waals surface area contributed by atoms with Gasteiger partial charge in [-0.15, -0.1) is 10.2 Å². The van der Waals surface area contributed by atoms with Crippen molar-refractivity contribution in [2.24, 2.45) is 0 Å². The zero-order chi connectivity index (χ0) is 20.1. The molecule has 2 N–H and O–H groups in total. The Morgan fingerprint density at radius 2 is 1.86 bits per heavy atom. The number of hydrogen-bond donors (Lipinski definition) is 2. The van der Waals surface area contributed by atoms with Crippen molar-refractivity contribution in [1.82, 2.24) is 10.2 Å². The minimum absolute atomic E-state index is 0.0388. The van der Waals surface area contributed by atoms with Gasteiger partial charge >= 0.3 is 0 Å². The summed E-state index contributed by atoms with van der Waals surface area (Å²) in [6.45, 7) is 5.63. The fraction of sp³-hybridized carbons (Fsp3) is 0.200. The van der Waals surface area contributed by atoms with Crippen molar-refractivity contribution in [2.45, 2.75) is 25.1 Å². The first-order valence-corrected chi connectivity index (χ1v) is 10.4. The van der Waals surface area contributed by atoms with E-state index < -0.39 is 0 Å². The van der Waals surface area contributed by atoms with E-state index in [1.807, 2.05) is 6.07 Å². The minimum Gasteiger partial charge on any atom is -0.330 e. The molecule has 0 spiro atoms. The van der Waals surface area contributed by atoms with Gasteiger partial charge in [0.2, 0.25) is 11.0 Å². The first-order valence-electron chi connectivity index (χ1n) is 8.62. The van der Waals surface area contributed by atoms with Crippen molar-refractivity contribution in [3.05, 3.63) is 59.2 Å². The summed E-state index contributed by atoms with van der Waals surface area (Å²) >= 11 is 2.72. The van der Waals surface area contributed by atoms with Gasteiger partial charge in [0, 0.05) is 16.9 Å². The number of nitrogens with one attached hydrogen (secondary N) is 2. The molecule has 1 aromatic heterocycles. The van der Waals surface area contributed by atoms with E-state index in [0.29, 0.717) is 20.7 Å². The summed E-state index contributed by atoms with van der Waals surface area (Å²) in [4.78, 5) is 23.6. The van der Waals surface area contributed by atoms with Crippen LogP contribution in [0.5, 0.6) is 0 Å². The lowest BCUT2D eigenvalue weighted by Crippen LogP contribution is -2.14. The normalized spacial score (nSPS) is 10.5. The van der Waals surface area contributed by atoms with Crippen LogP contribution in [0.1, 0.15) is 28.4 Å². The van der Waals surface area contributed by atoms with Crippen molar-refractivity contribution in [3.63, 3.8) is 0 Å². The molecule has 6 nitrogen and oxygen atoms in total. The van der Waals surface area contributed by atoms with E-state index in [1.165, 1.54) is 41.1 Å². The molecule has 0 atom stereocenters. The molecule has 0 saturated carbocycles. The van der Waals surface area contributed by atoms with Gasteiger partial charge in [-0.25, -0.2) is 0 Å². The summed E-state index contributed by atoms with van der Waals surface area (Å²) < 4.78 is 0.707. The van der Waals surface area contributed by atoms with Gasteiger partial charge in [0.1, 0.15) is 0 Å². The number of nitrogens with zero attached hydrogens (tertiary/aromatic N) is 2. The second-order valence-electron chi connectivity index (χ2n) is 6.27. The molecule has 0 radical (unpaired) electrons. The average Bonchev–Trinajstić information content (AvgIpc) is 3.11. The number of benzene rings is 2. The number of ketones is 1. The van der Waals surface area contributed by atoms with Crippen LogP contribution in [0.15, 0.2) is 46.8 Å². The van der Waals surface area contributed by atoms with Crippen LogP contribution in [-0.4, -0.2) is 27.6 Å². The molecular formula is C20H20N4O2S2. The van der Waals surface area contributed by atoms with Gasteiger partial charge in [0.05, 0.1) is 5.75 Å². The van der Waals surface area contributed by atoms with Crippen LogP contribution in [0.2, 0.25) is 0 Å². The Bertz CT molecular complexity index is 1020. The molecule has 0 aliphatic rings.